The zero-order valence-corrected chi connectivity index (χ0v) is 17.8. The van der Waals surface area contributed by atoms with Gasteiger partial charge in [-0.25, -0.2) is 4.39 Å². The number of thiophene rings is 1. The molecule has 3 heterocycles. The Labute approximate surface area is 183 Å². The summed E-state index contributed by atoms with van der Waals surface area (Å²) in [6.07, 6.45) is 8.55. The van der Waals surface area contributed by atoms with Crippen molar-refractivity contribution in [2.45, 2.75) is 44.6 Å². The van der Waals surface area contributed by atoms with Crippen molar-refractivity contribution in [3.8, 4) is 5.75 Å². The van der Waals surface area contributed by atoms with Gasteiger partial charge >= 0.3 is 0 Å². The first-order chi connectivity index (χ1) is 15.1. The van der Waals surface area contributed by atoms with Crippen LogP contribution in [0.1, 0.15) is 40.4 Å². The third kappa shape index (κ3) is 5.55. The Bertz CT molecular complexity index is 1050. The number of aromatic hydroxyl groups is 1. The van der Waals surface area contributed by atoms with Crippen molar-refractivity contribution in [3.05, 3.63) is 69.4 Å². The molecule has 0 unspecified atom stereocenters. The molecule has 1 aromatic carbocycles. The first-order valence-corrected chi connectivity index (χ1v) is 11.1. The van der Waals surface area contributed by atoms with Gasteiger partial charge in [0.15, 0.2) is 17.4 Å². The highest BCUT2D eigenvalue weighted by Gasteiger charge is 2.28. The lowest BCUT2D eigenvalue weighted by molar-refractivity contribution is -0.128. The molecule has 1 aliphatic rings. The van der Waals surface area contributed by atoms with E-state index in [1.54, 1.807) is 17.4 Å². The van der Waals surface area contributed by atoms with E-state index in [1.165, 1.54) is 21.9 Å². The summed E-state index contributed by atoms with van der Waals surface area (Å²) in [4.78, 5) is 16.7. The normalized spacial score (nSPS) is 16.6. The average molecular weight is 442 g/mol. The molecule has 4 rings (SSSR count). The first-order valence-electron chi connectivity index (χ1n) is 10.3. The summed E-state index contributed by atoms with van der Waals surface area (Å²) in [5, 5.41) is 23.5. The van der Waals surface area contributed by atoms with Crippen molar-refractivity contribution in [2.75, 3.05) is 6.54 Å². The number of hydrogen-bond donors (Lipinski definition) is 2. The number of likely N-dealkylation sites (tertiary alicyclic amines) is 1. The van der Waals surface area contributed by atoms with Crippen LogP contribution in [0, 0.1) is 5.82 Å². The smallest absolute Gasteiger partial charge is 0.223 e. The van der Waals surface area contributed by atoms with E-state index in [9.17, 15) is 14.3 Å². The van der Waals surface area contributed by atoms with E-state index in [1.807, 2.05) is 4.90 Å². The number of nitrogens with one attached hydrogen (secondary N) is 1. The van der Waals surface area contributed by atoms with Crippen LogP contribution in [0.5, 0.6) is 5.75 Å². The molecule has 0 radical (unpaired) electrons. The van der Waals surface area contributed by atoms with Gasteiger partial charge in [-0.1, -0.05) is 23.4 Å². The highest BCUT2D eigenvalue weighted by molar-refractivity contribution is 7.12. The van der Waals surface area contributed by atoms with E-state index in [0.29, 0.717) is 31.6 Å². The minimum absolute atomic E-state index is 0.118. The van der Waals surface area contributed by atoms with Crippen molar-refractivity contribution < 1.29 is 14.3 Å². The summed E-state index contributed by atoms with van der Waals surface area (Å²) in [7, 11) is 0. The van der Waals surface area contributed by atoms with E-state index in [2.05, 4.69) is 44.9 Å². The molecular weight excluding hydrogens is 417 g/mol. The fourth-order valence-corrected chi connectivity index (χ4v) is 4.76. The average Bonchev–Trinajstić information content (AvgIpc) is 3.50. The minimum Gasteiger partial charge on any atom is -0.505 e. The maximum atomic E-state index is 13.1. The van der Waals surface area contributed by atoms with Crippen LogP contribution < -0.4 is 0 Å². The predicted molar refractivity (Wildman–Crippen MR) is 115 cm³/mol. The van der Waals surface area contributed by atoms with Crippen LogP contribution in [0.15, 0.2) is 42.5 Å². The maximum Gasteiger partial charge on any atom is 0.223 e. The summed E-state index contributed by atoms with van der Waals surface area (Å²) in [6, 6.07) is 8.72. The summed E-state index contributed by atoms with van der Waals surface area (Å²) < 4.78 is 13.1. The molecule has 1 saturated heterocycles. The lowest BCUT2D eigenvalue weighted by atomic mass is 10.1. The van der Waals surface area contributed by atoms with Crippen LogP contribution in [-0.4, -0.2) is 49.1 Å². The van der Waals surface area contributed by atoms with Crippen LogP contribution in [0.4, 0.5) is 4.39 Å². The number of halogens is 1. The molecule has 2 aromatic heterocycles. The summed E-state index contributed by atoms with van der Waals surface area (Å²) in [5.74, 6) is -0.0546. The van der Waals surface area contributed by atoms with Crippen LogP contribution in [0.25, 0.3) is 0 Å². The zero-order chi connectivity index (χ0) is 21.6. The van der Waals surface area contributed by atoms with Crippen molar-refractivity contribution in [1.29, 1.82) is 0 Å². The number of benzene rings is 1. The third-order valence-electron chi connectivity index (χ3n) is 5.38. The molecule has 1 atom stereocenters. The van der Waals surface area contributed by atoms with Gasteiger partial charge in [0.2, 0.25) is 5.91 Å². The SMILES string of the molecule is O=C1CC[C@H](C=CCCc2ccc(F)c(O)c2)N1CCc1ccc(Cc2nn[nH]n2)s1. The molecule has 162 valence electrons. The van der Waals surface area contributed by atoms with Gasteiger partial charge in [-0.15, -0.1) is 21.5 Å². The standard InChI is InChI=1S/C22H24FN5O2S/c23-19-9-5-15(13-20(19)29)3-1-2-4-16-6-10-22(30)28(16)12-11-17-7-8-18(31-17)14-21-24-26-27-25-21/h2,4-5,7-9,13,16,29H,1,3,6,10-12,14H2,(H,24,25,26,27)/t16-/m0/s1. The molecule has 0 bridgehead atoms. The van der Waals surface area contributed by atoms with Gasteiger partial charge in [0.1, 0.15) is 0 Å². The molecule has 31 heavy (non-hydrogen) atoms. The van der Waals surface area contributed by atoms with Crippen molar-refractivity contribution in [1.82, 2.24) is 25.5 Å². The number of nitrogens with zero attached hydrogens (tertiary/aromatic N) is 4. The van der Waals surface area contributed by atoms with Gasteiger partial charge in [-0.05, 0) is 55.5 Å². The minimum atomic E-state index is -0.605. The Balaban J connectivity index is 1.27. The predicted octanol–water partition coefficient (Wildman–Crippen LogP) is 3.42. The Hall–Kier alpha value is -3.07. The van der Waals surface area contributed by atoms with Gasteiger partial charge in [0.25, 0.3) is 0 Å². The number of amides is 1. The molecule has 3 aromatic rings. The number of aromatic amines is 1. The first kappa shape index (κ1) is 21.2. The summed E-state index contributed by atoms with van der Waals surface area (Å²) in [5.41, 5.74) is 0.886. The van der Waals surface area contributed by atoms with E-state index < -0.39 is 5.82 Å². The third-order valence-corrected chi connectivity index (χ3v) is 6.53. The highest BCUT2D eigenvalue weighted by atomic mass is 32.1. The van der Waals surface area contributed by atoms with Crippen molar-refractivity contribution in [2.24, 2.45) is 0 Å². The van der Waals surface area contributed by atoms with Crippen LogP contribution in [0.2, 0.25) is 0 Å². The number of rotatable bonds is 9. The number of carbonyl (C=O) groups excluding carboxylic acids is 1. The number of aryl methyl sites for hydroxylation is 1. The van der Waals surface area contributed by atoms with Gasteiger partial charge in [-0.3, -0.25) is 4.79 Å². The molecule has 1 fully saturated rings. The second kappa shape index (κ2) is 9.82. The van der Waals surface area contributed by atoms with E-state index in [-0.39, 0.29) is 17.7 Å². The van der Waals surface area contributed by atoms with Crippen LogP contribution in [-0.2, 0) is 24.1 Å². The van der Waals surface area contributed by atoms with Gasteiger partial charge in [-0.2, -0.15) is 5.21 Å². The lowest BCUT2D eigenvalue weighted by Gasteiger charge is -2.22. The number of allylic oxidation sites excluding steroid dienone is 1. The molecule has 0 saturated carbocycles. The van der Waals surface area contributed by atoms with Crippen molar-refractivity contribution in [3.63, 3.8) is 0 Å². The molecule has 9 heteroatoms. The number of aromatic nitrogens is 4. The number of phenols is 1. The Morgan fingerprint density at radius 1 is 1.26 bits per heavy atom. The van der Waals surface area contributed by atoms with Crippen molar-refractivity contribution >= 4 is 17.2 Å². The summed E-state index contributed by atoms with van der Waals surface area (Å²) in [6.45, 7) is 0.696. The number of carbonyl (C=O) groups is 1. The highest BCUT2D eigenvalue weighted by Crippen LogP contribution is 2.24. The zero-order valence-electron chi connectivity index (χ0n) is 17.0. The summed E-state index contributed by atoms with van der Waals surface area (Å²) >= 11 is 1.71. The molecule has 0 spiro atoms. The second-order valence-corrected chi connectivity index (χ2v) is 8.82. The molecule has 2 N–H and O–H groups in total. The van der Waals surface area contributed by atoms with Gasteiger partial charge < -0.3 is 10.0 Å². The number of phenolic OH excluding ortho intramolecular Hbond substituents is 1. The molecule has 1 aliphatic heterocycles. The second-order valence-electron chi connectivity index (χ2n) is 7.57. The fourth-order valence-electron chi connectivity index (χ4n) is 3.76. The quantitative estimate of drug-likeness (QED) is 0.496. The van der Waals surface area contributed by atoms with E-state index >= 15 is 0 Å². The topological polar surface area (TPSA) is 95.0 Å². The lowest BCUT2D eigenvalue weighted by Crippen LogP contribution is -2.33. The molecule has 7 nitrogen and oxygen atoms in total. The number of H-pyrrole nitrogens is 1. The number of tetrazole rings is 1. The molecular formula is C22H24FN5O2S. The Kier molecular flexibility index (Phi) is 6.71. The number of hydrogen-bond acceptors (Lipinski definition) is 6. The maximum absolute atomic E-state index is 13.1. The van der Waals surface area contributed by atoms with E-state index in [4.69, 9.17) is 0 Å². The van der Waals surface area contributed by atoms with Gasteiger partial charge in [0, 0.05) is 29.1 Å². The van der Waals surface area contributed by atoms with E-state index in [0.717, 1.165) is 24.8 Å². The molecule has 1 amide bonds. The molecule has 0 aliphatic carbocycles. The largest absolute Gasteiger partial charge is 0.505 e. The van der Waals surface area contributed by atoms with Crippen LogP contribution in [0.3, 0.4) is 0 Å². The van der Waals surface area contributed by atoms with Crippen LogP contribution >= 0.6 is 11.3 Å². The Morgan fingerprint density at radius 3 is 2.94 bits per heavy atom. The monoisotopic (exact) mass is 441 g/mol. The Morgan fingerprint density at radius 2 is 2.13 bits per heavy atom. The fraction of sp³-hybridized carbons (Fsp3) is 0.364. The van der Waals surface area contributed by atoms with Gasteiger partial charge in [0.05, 0.1) is 6.04 Å².